The molecule has 0 aromatic carbocycles. The van der Waals surface area contributed by atoms with E-state index >= 15 is 0 Å². The minimum atomic E-state index is -0.877. The molecule has 3 aliphatic rings. The van der Waals surface area contributed by atoms with Crippen molar-refractivity contribution >= 4 is 5.97 Å². The standard InChI is InChI=1S/C12H16O2/c1-7(11(13)14)9-5-4-8-6-10(9)12(8,2)3/h5,8,10H,1,4,6H2,2-3H3,(H,13,14). The van der Waals surface area contributed by atoms with E-state index in [9.17, 15) is 4.79 Å². The summed E-state index contributed by atoms with van der Waals surface area (Å²) >= 11 is 0. The van der Waals surface area contributed by atoms with Crippen molar-refractivity contribution < 1.29 is 9.90 Å². The molecular formula is C12H16O2. The Hall–Kier alpha value is -1.05. The van der Waals surface area contributed by atoms with Crippen LogP contribution >= 0.6 is 0 Å². The molecule has 1 saturated carbocycles. The van der Waals surface area contributed by atoms with Crippen molar-refractivity contribution in [2.75, 3.05) is 0 Å². The molecule has 2 heteroatoms. The third kappa shape index (κ3) is 1.06. The maximum atomic E-state index is 10.8. The maximum absolute atomic E-state index is 10.8. The van der Waals surface area contributed by atoms with E-state index in [0.717, 1.165) is 24.3 Å². The van der Waals surface area contributed by atoms with Gasteiger partial charge in [-0.15, -0.1) is 0 Å². The zero-order valence-corrected chi connectivity index (χ0v) is 8.71. The second-order valence-corrected chi connectivity index (χ2v) is 4.99. The van der Waals surface area contributed by atoms with Crippen LogP contribution in [0.5, 0.6) is 0 Å². The highest BCUT2D eigenvalue weighted by Crippen LogP contribution is 2.60. The Morgan fingerprint density at radius 1 is 1.64 bits per heavy atom. The summed E-state index contributed by atoms with van der Waals surface area (Å²) in [6.07, 6.45) is 4.23. The lowest BCUT2D eigenvalue weighted by Crippen LogP contribution is -2.48. The van der Waals surface area contributed by atoms with Crippen LogP contribution < -0.4 is 0 Å². The van der Waals surface area contributed by atoms with Crippen LogP contribution in [0.15, 0.2) is 23.8 Å². The summed E-state index contributed by atoms with van der Waals surface area (Å²) in [6, 6.07) is 0. The predicted octanol–water partition coefficient (Wildman–Crippen LogP) is 2.62. The van der Waals surface area contributed by atoms with Crippen LogP contribution in [-0.2, 0) is 4.79 Å². The van der Waals surface area contributed by atoms with Gasteiger partial charge in [0, 0.05) is 0 Å². The van der Waals surface area contributed by atoms with Crippen molar-refractivity contribution in [3.05, 3.63) is 23.8 Å². The van der Waals surface area contributed by atoms with Gasteiger partial charge in [0.2, 0.25) is 0 Å². The predicted molar refractivity (Wildman–Crippen MR) is 54.9 cm³/mol. The molecule has 2 atom stereocenters. The van der Waals surface area contributed by atoms with Gasteiger partial charge in [0.25, 0.3) is 0 Å². The van der Waals surface area contributed by atoms with Gasteiger partial charge in [-0.1, -0.05) is 26.5 Å². The van der Waals surface area contributed by atoms with Gasteiger partial charge >= 0.3 is 5.97 Å². The first-order chi connectivity index (χ1) is 6.44. The molecule has 1 fully saturated rings. The molecule has 2 bridgehead atoms. The van der Waals surface area contributed by atoms with Gasteiger partial charge in [0.05, 0.1) is 5.57 Å². The van der Waals surface area contributed by atoms with E-state index in [1.165, 1.54) is 0 Å². The minimum absolute atomic E-state index is 0.280. The first kappa shape index (κ1) is 9.50. The van der Waals surface area contributed by atoms with E-state index < -0.39 is 5.97 Å². The molecule has 0 amide bonds. The highest BCUT2D eigenvalue weighted by atomic mass is 16.4. The van der Waals surface area contributed by atoms with Crippen LogP contribution in [0.2, 0.25) is 0 Å². The fraction of sp³-hybridized carbons (Fsp3) is 0.583. The van der Waals surface area contributed by atoms with E-state index in [0.29, 0.717) is 11.5 Å². The molecule has 0 spiro atoms. The molecule has 3 rings (SSSR count). The van der Waals surface area contributed by atoms with Gasteiger partial charge in [0.15, 0.2) is 0 Å². The van der Waals surface area contributed by atoms with E-state index in [2.05, 4.69) is 26.5 Å². The number of hydrogen-bond donors (Lipinski definition) is 1. The molecule has 3 aliphatic carbocycles. The summed E-state index contributed by atoms with van der Waals surface area (Å²) in [5, 5.41) is 8.90. The topological polar surface area (TPSA) is 37.3 Å². The Labute approximate surface area is 84.3 Å². The van der Waals surface area contributed by atoms with Crippen LogP contribution in [0.4, 0.5) is 0 Å². The third-order valence-electron chi connectivity index (χ3n) is 4.07. The van der Waals surface area contributed by atoms with E-state index in [1.807, 2.05) is 0 Å². The molecule has 0 aliphatic heterocycles. The van der Waals surface area contributed by atoms with Crippen molar-refractivity contribution in [2.45, 2.75) is 26.7 Å². The number of aliphatic carboxylic acids is 1. The molecule has 14 heavy (non-hydrogen) atoms. The average Bonchev–Trinajstić information content (AvgIpc) is 2.16. The molecule has 1 N–H and O–H groups in total. The Balaban J connectivity index is 2.27. The largest absolute Gasteiger partial charge is 0.478 e. The minimum Gasteiger partial charge on any atom is -0.478 e. The molecule has 0 radical (unpaired) electrons. The summed E-state index contributed by atoms with van der Waals surface area (Å²) in [7, 11) is 0. The van der Waals surface area contributed by atoms with Gasteiger partial charge < -0.3 is 5.11 Å². The Morgan fingerprint density at radius 3 is 2.71 bits per heavy atom. The lowest BCUT2D eigenvalue weighted by Gasteiger charge is -2.56. The molecule has 0 heterocycles. The lowest BCUT2D eigenvalue weighted by atomic mass is 9.48. The van der Waals surface area contributed by atoms with Gasteiger partial charge in [-0.05, 0) is 35.7 Å². The Kier molecular flexibility index (Phi) is 1.85. The monoisotopic (exact) mass is 192 g/mol. The molecule has 0 aromatic heterocycles. The van der Waals surface area contributed by atoms with Crippen molar-refractivity contribution in [1.82, 2.24) is 0 Å². The number of allylic oxidation sites excluding steroid dienone is 1. The Morgan fingerprint density at radius 2 is 2.29 bits per heavy atom. The number of carboxylic acid groups (broad SMARTS) is 1. The number of fused-ring (bicyclic) bond motifs is 1. The number of hydrogen-bond acceptors (Lipinski definition) is 1. The fourth-order valence-corrected chi connectivity index (χ4v) is 2.81. The summed E-state index contributed by atoms with van der Waals surface area (Å²) in [6.45, 7) is 8.11. The van der Waals surface area contributed by atoms with Crippen LogP contribution in [-0.4, -0.2) is 11.1 Å². The van der Waals surface area contributed by atoms with Crippen LogP contribution in [0, 0.1) is 17.3 Å². The van der Waals surface area contributed by atoms with Crippen molar-refractivity contribution in [3.8, 4) is 0 Å². The first-order valence-electron chi connectivity index (χ1n) is 5.07. The lowest BCUT2D eigenvalue weighted by molar-refractivity contribution is -0.132. The van der Waals surface area contributed by atoms with Gasteiger partial charge in [-0.3, -0.25) is 0 Å². The van der Waals surface area contributed by atoms with Crippen molar-refractivity contribution in [3.63, 3.8) is 0 Å². The molecule has 2 unspecified atom stereocenters. The summed E-state index contributed by atoms with van der Waals surface area (Å²) < 4.78 is 0. The first-order valence-corrected chi connectivity index (χ1v) is 5.07. The molecule has 2 nitrogen and oxygen atoms in total. The van der Waals surface area contributed by atoms with Gasteiger partial charge in [-0.2, -0.15) is 0 Å². The fourth-order valence-electron chi connectivity index (χ4n) is 2.81. The van der Waals surface area contributed by atoms with Crippen molar-refractivity contribution in [2.24, 2.45) is 17.3 Å². The number of rotatable bonds is 2. The molecule has 76 valence electrons. The van der Waals surface area contributed by atoms with E-state index in [1.54, 1.807) is 0 Å². The van der Waals surface area contributed by atoms with Gasteiger partial charge in [-0.25, -0.2) is 4.79 Å². The molecular weight excluding hydrogens is 176 g/mol. The number of carbonyl (C=O) groups is 1. The molecule has 0 saturated heterocycles. The SMILES string of the molecule is C=C(C(=O)O)C1=CCC2CC1C2(C)C. The van der Waals surface area contributed by atoms with Crippen LogP contribution in [0.25, 0.3) is 0 Å². The highest BCUT2D eigenvalue weighted by Gasteiger charge is 2.51. The third-order valence-corrected chi connectivity index (χ3v) is 4.07. The second-order valence-electron chi connectivity index (χ2n) is 4.99. The van der Waals surface area contributed by atoms with Gasteiger partial charge in [0.1, 0.15) is 0 Å². The Bertz CT molecular complexity index is 336. The van der Waals surface area contributed by atoms with Crippen LogP contribution in [0.3, 0.4) is 0 Å². The quantitative estimate of drug-likeness (QED) is 0.683. The van der Waals surface area contributed by atoms with E-state index in [-0.39, 0.29) is 5.41 Å². The zero-order valence-electron chi connectivity index (χ0n) is 8.71. The zero-order chi connectivity index (χ0) is 10.5. The maximum Gasteiger partial charge on any atom is 0.335 e. The summed E-state index contributed by atoms with van der Waals surface area (Å²) in [5.41, 5.74) is 1.55. The smallest absolute Gasteiger partial charge is 0.335 e. The summed E-state index contributed by atoms with van der Waals surface area (Å²) in [4.78, 5) is 10.8. The van der Waals surface area contributed by atoms with E-state index in [4.69, 9.17) is 5.11 Å². The highest BCUT2D eigenvalue weighted by molar-refractivity contribution is 5.91. The second kappa shape index (κ2) is 2.72. The average molecular weight is 192 g/mol. The van der Waals surface area contributed by atoms with Crippen LogP contribution in [0.1, 0.15) is 26.7 Å². The number of carboxylic acids is 1. The molecule has 0 aromatic rings. The summed E-state index contributed by atoms with van der Waals surface area (Å²) in [5.74, 6) is 0.292. The normalized spacial score (nSPS) is 32.9. The van der Waals surface area contributed by atoms with Crippen molar-refractivity contribution in [1.29, 1.82) is 0 Å².